The number of carbonyl (C=O) groups is 2. The van der Waals surface area contributed by atoms with E-state index in [-0.39, 0.29) is 18.0 Å². The number of carboxylic acid groups (broad SMARTS) is 1. The second-order valence-electron chi connectivity index (χ2n) is 5.04. The fraction of sp³-hybridized carbons (Fsp3) is 0.385. The van der Waals surface area contributed by atoms with Gasteiger partial charge in [-0.3, -0.25) is 4.79 Å². The molecule has 0 heterocycles. The Morgan fingerprint density at radius 3 is 2.44 bits per heavy atom. The molecule has 1 aromatic carbocycles. The molecule has 1 rings (SSSR count). The van der Waals surface area contributed by atoms with E-state index < -0.39 is 11.4 Å². The molecule has 0 unspecified atom stereocenters. The average molecular weight is 270 g/mol. The lowest BCUT2D eigenvalue weighted by Crippen LogP contribution is -2.34. The van der Waals surface area contributed by atoms with Crippen molar-refractivity contribution in [1.82, 2.24) is 5.32 Å². The van der Waals surface area contributed by atoms with E-state index in [2.05, 4.69) is 5.32 Å². The first kappa shape index (κ1) is 14.5. The van der Waals surface area contributed by atoms with Gasteiger partial charge in [-0.1, -0.05) is 38.4 Å². The molecule has 0 aliphatic heterocycles. The number of hydrogen-bond donors (Lipinski definition) is 2. The SMILES string of the molecule is CC(C)(C)C(=O)NCc1ccc(Cl)cc1C(=O)O. The zero-order valence-electron chi connectivity index (χ0n) is 10.6. The van der Waals surface area contributed by atoms with Crippen molar-refractivity contribution in [2.24, 2.45) is 5.41 Å². The van der Waals surface area contributed by atoms with E-state index in [0.29, 0.717) is 10.6 Å². The molecule has 0 aliphatic rings. The van der Waals surface area contributed by atoms with Crippen LogP contribution in [-0.4, -0.2) is 17.0 Å². The van der Waals surface area contributed by atoms with Gasteiger partial charge in [0.25, 0.3) is 0 Å². The van der Waals surface area contributed by atoms with Crippen LogP contribution in [0, 0.1) is 5.41 Å². The summed E-state index contributed by atoms with van der Waals surface area (Å²) in [6, 6.07) is 4.59. The van der Waals surface area contributed by atoms with Crippen molar-refractivity contribution in [3.8, 4) is 0 Å². The molecule has 0 aromatic heterocycles. The van der Waals surface area contributed by atoms with Gasteiger partial charge in [-0.15, -0.1) is 0 Å². The topological polar surface area (TPSA) is 66.4 Å². The molecule has 0 spiro atoms. The molecule has 1 aromatic rings. The Morgan fingerprint density at radius 2 is 1.94 bits per heavy atom. The minimum atomic E-state index is -1.06. The fourth-order valence-electron chi connectivity index (χ4n) is 1.34. The van der Waals surface area contributed by atoms with Gasteiger partial charge in [0.05, 0.1) is 5.56 Å². The van der Waals surface area contributed by atoms with Crippen molar-refractivity contribution >= 4 is 23.5 Å². The second-order valence-corrected chi connectivity index (χ2v) is 5.48. The number of nitrogens with one attached hydrogen (secondary N) is 1. The minimum Gasteiger partial charge on any atom is -0.478 e. The maximum absolute atomic E-state index is 11.7. The van der Waals surface area contributed by atoms with E-state index in [4.69, 9.17) is 16.7 Å². The van der Waals surface area contributed by atoms with Gasteiger partial charge < -0.3 is 10.4 Å². The summed E-state index contributed by atoms with van der Waals surface area (Å²) in [5.74, 6) is -1.19. The van der Waals surface area contributed by atoms with Crippen LogP contribution < -0.4 is 5.32 Å². The van der Waals surface area contributed by atoms with Crippen LogP contribution in [0.15, 0.2) is 18.2 Å². The molecule has 0 atom stereocenters. The number of amides is 1. The Kier molecular flexibility index (Phi) is 4.35. The summed E-state index contributed by atoms with van der Waals surface area (Å²) < 4.78 is 0. The van der Waals surface area contributed by atoms with Crippen LogP contribution in [0.4, 0.5) is 0 Å². The second kappa shape index (κ2) is 5.40. The lowest BCUT2D eigenvalue weighted by Gasteiger charge is -2.18. The van der Waals surface area contributed by atoms with Gasteiger partial charge in [0.2, 0.25) is 5.91 Å². The number of halogens is 1. The highest BCUT2D eigenvalue weighted by Gasteiger charge is 2.21. The molecule has 98 valence electrons. The van der Waals surface area contributed by atoms with Crippen LogP contribution >= 0.6 is 11.6 Å². The van der Waals surface area contributed by atoms with Gasteiger partial charge in [-0.05, 0) is 17.7 Å². The van der Waals surface area contributed by atoms with Gasteiger partial charge in [-0.2, -0.15) is 0 Å². The summed E-state index contributed by atoms with van der Waals surface area (Å²) in [4.78, 5) is 22.7. The molecule has 1 amide bonds. The highest BCUT2D eigenvalue weighted by atomic mass is 35.5. The molecule has 5 heteroatoms. The summed E-state index contributed by atoms with van der Waals surface area (Å²) in [5.41, 5.74) is 0.136. The lowest BCUT2D eigenvalue weighted by molar-refractivity contribution is -0.128. The van der Waals surface area contributed by atoms with Crippen molar-refractivity contribution in [2.75, 3.05) is 0 Å². The Morgan fingerprint density at radius 1 is 1.33 bits per heavy atom. The molecule has 18 heavy (non-hydrogen) atoms. The predicted molar refractivity (Wildman–Crippen MR) is 69.7 cm³/mol. The van der Waals surface area contributed by atoms with E-state index >= 15 is 0 Å². The number of rotatable bonds is 3. The maximum Gasteiger partial charge on any atom is 0.336 e. The molecule has 0 bridgehead atoms. The van der Waals surface area contributed by atoms with E-state index in [1.807, 2.05) is 0 Å². The van der Waals surface area contributed by atoms with Crippen LogP contribution in [0.25, 0.3) is 0 Å². The van der Waals surface area contributed by atoms with Gasteiger partial charge in [-0.25, -0.2) is 4.79 Å². The smallest absolute Gasteiger partial charge is 0.336 e. The first-order valence-corrected chi connectivity index (χ1v) is 5.89. The number of aromatic carboxylic acids is 1. The molecule has 0 saturated heterocycles. The number of carboxylic acids is 1. The van der Waals surface area contributed by atoms with Gasteiger partial charge >= 0.3 is 5.97 Å². The molecule has 0 radical (unpaired) electrons. The summed E-state index contributed by atoms with van der Waals surface area (Å²) in [6.07, 6.45) is 0. The normalized spacial score (nSPS) is 11.1. The van der Waals surface area contributed by atoms with Gasteiger partial charge in [0.15, 0.2) is 0 Å². The standard InChI is InChI=1S/C13H16ClNO3/c1-13(2,3)12(18)15-7-8-4-5-9(14)6-10(8)11(16)17/h4-6H,7H2,1-3H3,(H,15,18)(H,16,17). The predicted octanol–water partition coefficient (Wildman–Crippen LogP) is 2.70. The van der Waals surface area contributed by atoms with E-state index in [1.165, 1.54) is 6.07 Å². The van der Waals surface area contributed by atoms with Crippen molar-refractivity contribution in [2.45, 2.75) is 27.3 Å². The lowest BCUT2D eigenvalue weighted by atomic mass is 9.95. The summed E-state index contributed by atoms with van der Waals surface area (Å²) >= 11 is 5.75. The Balaban J connectivity index is 2.86. The third-order valence-corrected chi connectivity index (χ3v) is 2.66. The van der Waals surface area contributed by atoms with Crippen LogP contribution in [0.5, 0.6) is 0 Å². The number of carbonyl (C=O) groups excluding carboxylic acids is 1. The molecular formula is C13H16ClNO3. The number of hydrogen-bond acceptors (Lipinski definition) is 2. The van der Waals surface area contributed by atoms with Crippen molar-refractivity contribution < 1.29 is 14.7 Å². The zero-order chi connectivity index (χ0) is 13.9. The molecule has 0 fully saturated rings. The highest BCUT2D eigenvalue weighted by Crippen LogP contribution is 2.17. The molecular weight excluding hydrogens is 254 g/mol. The quantitative estimate of drug-likeness (QED) is 0.887. The monoisotopic (exact) mass is 269 g/mol. The third kappa shape index (κ3) is 3.74. The van der Waals surface area contributed by atoms with Crippen molar-refractivity contribution in [3.05, 3.63) is 34.3 Å². The van der Waals surface area contributed by atoms with Crippen molar-refractivity contribution in [1.29, 1.82) is 0 Å². The summed E-state index contributed by atoms with van der Waals surface area (Å²) in [5, 5.41) is 12.1. The minimum absolute atomic E-state index is 0.108. The first-order valence-electron chi connectivity index (χ1n) is 5.52. The highest BCUT2D eigenvalue weighted by molar-refractivity contribution is 6.30. The van der Waals surface area contributed by atoms with E-state index in [9.17, 15) is 9.59 Å². The largest absolute Gasteiger partial charge is 0.478 e. The molecule has 0 aliphatic carbocycles. The van der Waals surface area contributed by atoms with Gasteiger partial charge in [0.1, 0.15) is 0 Å². The van der Waals surface area contributed by atoms with E-state index in [0.717, 1.165) is 0 Å². The first-order chi connectivity index (χ1) is 8.21. The maximum atomic E-state index is 11.7. The Labute approximate surface area is 111 Å². The number of benzene rings is 1. The van der Waals surface area contributed by atoms with Crippen LogP contribution in [-0.2, 0) is 11.3 Å². The molecule has 0 saturated carbocycles. The summed E-state index contributed by atoms with van der Waals surface area (Å²) in [7, 11) is 0. The average Bonchev–Trinajstić information content (AvgIpc) is 2.25. The Hall–Kier alpha value is -1.55. The third-order valence-electron chi connectivity index (χ3n) is 2.42. The Bertz CT molecular complexity index is 478. The van der Waals surface area contributed by atoms with Gasteiger partial charge in [0, 0.05) is 17.0 Å². The van der Waals surface area contributed by atoms with Crippen molar-refractivity contribution in [3.63, 3.8) is 0 Å². The zero-order valence-corrected chi connectivity index (χ0v) is 11.3. The molecule has 4 nitrogen and oxygen atoms in total. The van der Waals surface area contributed by atoms with Crippen LogP contribution in [0.1, 0.15) is 36.7 Å². The summed E-state index contributed by atoms with van der Waals surface area (Å²) in [6.45, 7) is 5.56. The van der Waals surface area contributed by atoms with E-state index in [1.54, 1.807) is 32.9 Å². The van der Waals surface area contributed by atoms with Crippen LogP contribution in [0.3, 0.4) is 0 Å². The fourth-order valence-corrected chi connectivity index (χ4v) is 1.51. The molecule has 2 N–H and O–H groups in total. The van der Waals surface area contributed by atoms with Crippen LogP contribution in [0.2, 0.25) is 5.02 Å².